The summed E-state index contributed by atoms with van der Waals surface area (Å²) in [5, 5.41) is 44.3. The molecule has 0 atom stereocenters. The second-order valence-electron chi connectivity index (χ2n) is 29.9. The van der Waals surface area contributed by atoms with Crippen LogP contribution in [-0.4, -0.2) is 186 Å². The third-order valence-electron chi connectivity index (χ3n) is 19.4. The Kier molecular flexibility index (Phi) is 24.9. The molecule has 5 aromatic carbocycles. The summed E-state index contributed by atoms with van der Waals surface area (Å²) in [6.45, 7) is 18.9. The fourth-order valence-corrected chi connectivity index (χ4v) is 13.5. The van der Waals surface area contributed by atoms with Crippen molar-refractivity contribution in [3.05, 3.63) is 267 Å². The van der Waals surface area contributed by atoms with Crippen LogP contribution < -0.4 is 5.32 Å². The van der Waals surface area contributed by atoms with Gasteiger partial charge < -0.3 is 68.8 Å². The van der Waals surface area contributed by atoms with Gasteiger partial charge >= 0.3 is 42.0 Å². The number of rotatable bonds is 13. The van der Waals surface area contributed by atoms with Gasteiger partial charge in [-0.1, -0.05) is 127 Å². The van der Waals surface area contributed by atoms with E-state index in [2.05, 4.69) is 40.8 Å². The van der Waals surface area contributed by atoms with Gasteiger partial charge in [0.15, 0.2) is 0 Å². The summed E-state index contributed by atoms with van der Waals surface area (Å²) in [7, 11) is 0. The van der Waals surface area contributed by atoms with Gasteiger partial charge in [-0.15, -0.1) is 0 Å². The molecule has 117 heavy (non-hydrogen) atoms. The molecule has 4 amide bonds. The molecule has 0 radical (unpaired) electrons. The van der Waals surface area contributed by atoms with Gasteiger partial charge in [-0.3, -0.25) is 33.0 Å². The van der Waals surface area contributed by atoms with Crippen molar-refractivity contribution in [3.63, 3.8) is 0 Å². The van der Waals surface area contributed by atoms with Crippen molar-refractivity contribution in [2.45, 2.75) is 138 Å². The van der Waals surface area contributed by atoms with Crippen LogP contribution in [-0.2, 0) is 109 Å². The number of carboxylic acids is 2. The van der Waals surface area contributed by atoms with Gasteiger partial charge in [0, 0.05) is 61.1 Å². The van der Waals surface area contributed by atoms with Gasteiger partial charge in [0.2, 0.25) is 0 Å². The number of aromatic nitrogens is 12. The summed E-state index contributed by atoms with van der Waals surface area (Å²) < 4.78 is 35.5. The molecule has 5 aliphatic heterocycles. The lowest BCUT2D eigenvalue weighted by Gasteiger charge is -2.30. The second-order valence-corrected chi connectivity index (χ2v) is 29.9. The molecule has 17 rings (SSSR count). The maximum atomic E-state index is 13.0. The van der Waals surface area contributed by atoms with Gasteiger partial charge in [-0.05, 0) is 82.5 Å². The number of carbonyl (C=O) groups excluding carboxylic acids is 7. The molecule has 5 N–H and O–H groups in total. The van der Waals surface area contributed by atoms with E-state index in [1.54, 1.807) is 60.4 Å². The van der Waals surface area contributed by atoms with E-state index >= 15 is 0 Å². The van der Waals surface area contributed by atoms with Gasteiger partial charge in [0.1, 0.15) is 70.2 Å². The van der Waals surface area contributed by atoms with Crippen molar-refractivity contribution in [3.8, 4) is 0 Å². The average molecular weight is 1590 g/mol. The van der Waals surface area contributed by atoms with Gasteiger partial charge in [-0.2, -0.15) is 25.5 Å². The minimum atomic E-state index is -1.03. The standard InChI is InChI=1S/C23H20N4O3.C19H23N3O4.C16H14N4O3.C14H15N3O2.C12H17N3O4/c28-22(20-12-17-8-4-5-9-19(17)25-20)26-10-11-27-21(14-26)18(13-24-27)23(29)30-15-16-6-2-1-3-7-16;1-19(2,3)26-18(24)21-9-10-22-16(12-21)15(11-20-22)17(23)25-13-14-7-5-4-6-8-14;21-15(13-7-10-3-1-2-4-12(10)18-13)19-5-6-20-14(9-19)11(8-17-20)16(22)23;18-14(19-10-11-4-2-1-3-5-11)12-8-16-17-7-6-15-9-13(12)17;1-12(2,3)19-11(18)14-4-5-15-9(7-14)8(6-13-15)10(16)17/h1-9,12-13,25H,10-11,14-15H2;4-8,11H,9-10,12-13H2,1-3H3;1-4,7-8,18H,5-6,9H2,(H,22,23);1-5,8,15H,6-7,9-10H2;6H,4-5,7H2,1-3H3,(H,16,17). The smallest absolute Gasteiger partial charge is 0.410 e. The SMILES string of the molecule is CC(C)(C)OC(=O)N1CCn2ncc(C(=O)O)c2C1.CC(C)(C)OC(=O)N1CCn2ncc(C(=O)OCc3ccccc3)c2C1.O=C(O)c1cnn2c1CN(C(=O)c1cc3ccccc3[nH]1)CC2.O=C(OCc1ccccc1)c1cnn2c1CN(C(=O)c1cc3ccccc3[nH]1)CC2.O=C(OCc1ccccc1)c1cnn2c1CNCC2. The summed E-state index contributed by atoms with van der Waals surface area (Å²) in [6.07, 6.45) is 6.45. The molecule has 12 aromatic rings. The van der Waals surface area contributed by atoms with Crippen LogP contribution in [0.25, 0.3) is 21.8 Å². The molecule has 7 aromatic heterocycles. The Morgan fingerprint density at radius 1 is 0.368 bits per heavy atom. The number of hydrogen-bond acceptors (Lipinski definition) is 20. The van der Waals surface area contributed by atoms with Crippen LogP contribution >= 0.6 is 0 Å². The van der Waals surface area contributed by atoms with E-state index in [9.17, 15) is 48.3 Å². The Morgan fingerprint density at radius 3 is 1.01 bits per heavy atom. The van der Waals surface area contributed by atoms with Crippen LogP contribution in [0.3, 0.4) is 0 Å². The van der Waals surface area contributed by atoms with Crippen molar-refractivity contribution in [2.24, 2.45) is 0 Å². The first-order valence-electron chi connectivity index (χ1n) is 38.0. The molecule has 0 spiro atoms. The number of hydrogen-bond donors (Lipinski definition) is 5. The van der Waals surface area contributed by atoms with E-state index in [0.717, 1.165) is 57.3 Å². The van der Waals surface area contributed by atoms with E-state index in [1.807, 2.05) is 177 Å². The van der Waals surface area contributed by atoms with E-state index < -0.39 is 47.3 Å². The molecule has 0 saturated carbocycles. The molecular weight excluding hydrogens is 1500 g/mol. The van der Waals surface area contributed by atoms with Crippen LogP contribution in [0.4, 0.5) is 9.59 Å². The Bertz CT molecular complexity index is 5520. The topological polar surface area (TPSA) is 386 Å². The molecule has 5 aliphatic rings. The van der Waals surface area contributed by atoms with Crippen LogP contribution in [0.5, 0.6) is 0 Å². The number of nitrogens with zero attached hydrogens (tertiary/aromatic N) is 14. The van der Waals surface area contributed by atoms with Crippen LogP contribution in [0.2, 0.25) is 0 Å². The monoisotopic (exact) mass is 1590 g/mol. The number of carbonyl (C=O) groups is 9. The normalized spacial score (nSPS) is 13.9. The van der Waals surface area contributed by atoms with Gasteiger partial charge in [0.05, 0.1) is 118 Å². The zero-order chi connectivity index (χ0) is 82.5. The highest BCUT2D eigenvalue weighted by Crippen LogP contribution is 2.27. The highest BCUT2D eigenvalue weighted by molar-refractivity contribution is 6.00. The first-order chi connectivity index (χ1) is 56.3. The van der Waals surface area contributed by atoms with Crippen molar-refractivity contribution in [2.75, 3.05) is 32.7 Å². The lowest BCUT2D eigenvalue weighted by atomic mass is 10.2. The number of benzene rings is 5. The molecule has 0 bridgehead atoms. The molecule has 33 heteroatoms. The zero-order valence-corrected chi connectivity index (χ0v) is 65.4. The number of amides is 4. The Hall–Kier alpha value is -14.0. The van der Waals surface area contributed by atoms with Crippen LogP contribution in [0, 0.1) is 0 Å². The van der Waals surface area contributed by atoms with Crippen molar-refractivity contribution in [1.82, 2.24) is 83.8 Å². The molecule has 0 aliphatic carbocycles. The predicted octanol–water partition coefficient (Wildman–Crippen LogP) is 10.8. The molecule has 606 valence electrons. The minimum absolute atomic E-state index is 0.0951. The van der Waals surface area contributed by atoms with Crippen LogP contribution in [0.15, 0.2) is 183 Å². The quantitative estimate of drug-likeness (QED) is 0.0529. The van der Waals surface area contributed by atoms with Gasteiger partial charge in [-0.25, -0.2) is 33.6 Å². The summed E-state index contributed by atoms with van der Waals surface area (Å²) >= 11 is 0. The maximum absolute atomic E-state index is 13.0. The fourth-order valence-electron chi connectivity index (χ4n) is 13.5. The largest absolute Gasteiger partial charge is 0.478 e. The van der Waals surface area contributed by atoms with E-state index in [1.165, 1.54) is 29.7 Å². The molecule has 0 unspecified atom stereocenters. The minimum Gasteiger partial charge on any atom is -0.478 e. The Balaban J connectivity index is 0.000000128. The number of esters is 3. The molecule has 33 nitrogen and oxygen atoms in total. The highest BCUT2D eigenvalue weighted by Gasteiger charge is 2.34. The highest BCUT2D eigenvalue weighted by atomic mass is 16.6. The number of carboxylic acid groups (broad SMARTS) is 2. The number of aromatic amines is 2. The molecular formula is C84H89N17O16. The summed E-state index contributed by atoms with van der Waals surface area (Å²) in [5.74, 6) is -3.47. The number of fused-ring (bicyclic) bond motifs is 7. The Labute approximate surface area is 671 Å². The van der Waals surface area contributed by atoms with Crippen molar-refractivity contribution < 1.29 is 77.0 Å². The summed E-state index contributed by atoms with van der Waals surface area (Å²) in [6, 6.07) is 47.8. The van der Waals surface area contributed by atoms with E-state index in [0.29, 0.717) is 116 Å². The number of aromatic carboxylic acids is 2. The molecule has 12 heterocycles. The average Bonchev–Trinajstić information content (AvgIpc) is 1.68. The summed E-state index contributed by atoms with van der Waals surface area (Å²) in [4.78, 5) is 122. The number of para-hydroxylation sites is 2. The lowest BCUT2D eigenvalue weighted by molar-refractivity contribution is 0.0182. The van der Waals surface area contributed by atoms with Crippen LogP contribution in [0.1, 0.15) is 159 Å². The molecule has 0 saturated heterocycles. The first kappa shape index (κ1) is 81.0. The van der Waals surface area contributed by atoms with E-state index in [-0.39, 0.29) is 68.4 Å². The van der Waals surface area contributed by atoms with Crippen molar-refractivity contribution in [1.29, 1.82) is 0 Å². The van der Waals surface area contributed by atoms with Crippen molar-refractivity contribution >= 4 is 75.7 Å². The van der Waals surface area contributed by atoms with E-state index in [4.69, 9.17) is 28.8 Å². The Morgan fingerprint density at radius 2 is 0.667 bits per heavy atom. The third-order valence-corrected chi connectivity index (χ3v) is 19.4. The predicted molar refractivity (Wildman–Crippen MR) is 423 cm³/mol. The fraction of sp³-hybridized carbons (Fsp3) is 0.310. The number of H-pyrrole nitrogens is 2. The summed E-state index contributed by atoms with van der Waals surface area (Å²) in [5.41, 5.74) is 9.56. The second kappa shape index (κ2) is 36.0. The van der Waals surface area contributed by atoms with Gasteiger partial charge in [0.25, 0.3) is 11.8 Å². The maximum Gasteiger partial charge on any atom is 0.410 e. The number of ether oxygens (including phenoxy) is 5. The molecule has 0 fully saturated rings. The first-order valence-corrected chi connectivity index (χ1v) is 38.0. The zero-order valence-electron chi connectivity index (χ0n) is 65.4. The lowest BCUT2D eigenvalue weighted by Crippen LogP contribution is -2.42. The third kappa shape index (κ3) is 20.2. The number of nitrogens with one attached hydrogen (secondary N) is 3.